The van der Waals surface area contributed by atoms with Gasteiger partial charge in [-0.15, -0.1) is 0 Å². The molecule has 0 saturated carbocycles. The number of hydrogen-bond donors (Lipinski definition) is 1. The minimum absolute atomic E-state index is 0.0215. The van der Waals surface area contributed by atoms with Gasteiger partial charge in [0.1, 0.15) is 0 Å². The summed E-state index contributed by atoms with van der Waals surface area (Å²) in [5.41, 5.74) is 2.15. The first-order chi connectivity index (χ1) is 8.42. The third kappa shape index (κ3) is 2.75. The molecule has 98 valence electrons. The first kappa shape index (κ1) is 13.1. The van der Waals surface area contributed by atoms with Gasteiger partial charge in [-0.25, -0.2) is 0 Å². The van der Waals surface area contributed by atoms with Crippen LogP contribution in [0.3, 0.4) is 0 Å². The molecule has 2 aromatic rings. The summed E-state index contributed by atoms with van der Waals surface area (Å²) >= 11 is 1.27. The SMILES string of the molecule is CC(C)(CCC(C)(C)c1cnsn1)c1cn[nH]n1. The molecule has 0 atom stereocenters. The van der Waals surface area contributed by atoms with E-state index in [0.29, 0.717) is 0 Å². The zero-order chi connectivity index (χ0) is 13.2. The molecule has 0 saturated heterocycles. The van der Waals surface area contributed by atoms with Crippen LogP contribution in [-0.2, 0) is 10.8 Å². The van der Waals surface area contributed by atoms with Gasteiger partial charge in [-0.1, -0.05) is 27.7 Å². The molecule has 0 aromatic carbocycles. The van der Waals surface area contributed by atoms with E-state index in [1.165, 1.54) is 11.7 Å². The number of nitrogens with one attached hydrogen (secondary N) is 1. The average Bonchev–Trinajstić information content (AvgIpc) is 2.99. The molecular weight excluding hydrogens is 246 g/mol. The summed E-state index contributed by atoms with van der Waals surface area (Å²) in [6.07, 6.45) is 5.74. The molecule has 0 amide bonds. The molecule has 0 aliphatic heterocycles. The van der Waals surface area contributed by atoms with E-state index in [1.54, 1.807) is 6.20 Å². The quantitative estimate of drug-likeness (QED) is 0.902. The topological polar surface area (TPSA) is 67.3 Å². The van der Waals surface area contributed by atoms with Crippen LogP contribution in [0, 0.1) is 0 Å². The lowest BCUT2D eigenvalue weighted by atomic mass is 9.76. The van der Waals surface area contributed by atoms with Crippen LogP contribution >= 0.6 is 11.7 Å². The number of H-pyrrole nitrogens is 1. The van der Waals surface area contributed by atoms with Crippen molar-refractivity contribution in [3.8, 4) is 0 Å². The van der Waals surface area contributed by atoms with Gasteiger partial charge in [-0.05, 0) is 12.8 Å². The molecule has 0 aliphatic carbocycles. The van der Waals surface area contributed by atoms with Crippen LogP contribution in [0.15, 0.2) is 12.4 Å². The van der Waals surface area contributed by atoms with Crippen molar-refractivity contribution in [2.75, 3.05) is 0 Å². The number of nitrogens with zero attached hydrogens (tertiary/aromatic N) is 4. The molecule has 5 nitrogen and oxygen atoms in total. The van der Waals surface area contributed by atoms with Crippen molar-refractivity contribution in [3.63, 3.8) is 0 Å². The molecular formula is C12H19N5S. The third-order valence-corrected chi connectivity index (χ3v) is 4.02. The molecule has 2 rings (SSSR count). The lowest BCUT2D eigenvalue weighted by Gasteiger charge is -2.28. The second-order valence-corrected chi connectivity index (χ2v) is 6.47. The summed E-state index contributed by atoms with van der Waals surface area (Å²) in [6.45, 7) is 8.81. The summed E-state index contributed by atoms with van der Waals surface area (Å²) < 4.78 is 8.43. The second kappa shape index (κ2) is 4.76. The molecule has 1 N–H and O–H groups in total. The predicted octanol–water partition coefficient (Wildman–Crippen LogP) is 2.69. The summed E-state index contributed by atoms with van der Waals surface area (Å²) in [6, 6.07) is 0. The Kier molecular flexibility index (Phi) is 3.47. The standard InChI is InChI=1S/C12H19N5S/c1-11(2,9-7-13-17-15-9)5-6-12(3,4)10-8-14-18-16-10/h7-8H,5-6H2,1-4H3,(H,13,15,17). The largest absolute Gasteiger partial charge is 0.198 e. The molecule has 0 fully saturated rings. The van der Waals surface area contributed by atoms with Crippen molar-refractivity contribution >= 4 is 11.7 Å². The monoisotopic (exact) mass is 265 g/mol. The Morgan fingerprint density at radius 2 is 1.72 bits per heavy atom. The zero-order valence-corrected chi connectivity index (χ0v) is 12.1. The van der Waals surface area contributed by atoms with E-state index in [4.69, 9.17) is 0 Å². The van der Waals surface area contributed by atoms with Crippen LogP contribution in [0.4, 0.5) is 0 Å². The number of aromatic amines is 1. The number of rotatable bonds is 5. The van der Waals surface area contributed by atoms with Crippen LogP contribution < -0.4 is 0 Å². The molecule has 0 aliphatic rings. The van der Waals surface area contributed by atoms with Crippen molar-refractivity contribution in [1.82, 2.24) is 24.2 Å². The fraction of sp³-hybridized carbons (Fsp3) is 0.667. The van der Waals surface area contributed by atoms with Crippen molar-refractivity contribution in [2.24, 2.45) is 0 Å². The highest BCUT2D eigenvalue weighted by Gasteiger charge is 2.29. The van der Waals surface area contributed by atoms with Gasteiger partial charge in [-0.2, -0.15) is 24.2 Å². The average molecular weight is 265 g/mol. The van der Waals surface area contributed by atoms with Crippen LogP contribution in [0.5, 0.6) is 0 Å². The maximum atomic E-state index is 4.35. The lowest BCUT2D eigenvalue weighted by molar-refractivity contribution is 0.364. The molecule has 6 heteroatoms. The first-order valence-corrected chi connectivity index (χ1v) is 6.79. The van der Waals surface area contributed by atoms with Gasteiger partial charge in [0.15, 0.2) is 0 Å². The Hall–Kier alpha value is -1.30. The fourth-order valence-corrected chi connectivity index (χ4v) is 2.45. The summed E-state index contributed by atoms with van der Waals surface area (Å²) in [4.78, 5) is 0. The van der Waals surface area contributed by atoms with E-state index in [-0.39, 0.29) is 10.8 Å². The molecule has 0 spiro atoms. The zero-order valence-electron chi connectivity index (χ0n) is 11.3. The van der Waals surface area contributed by atoms with Gasteiger partial charge in [-0.3, -0.25) is 0 Å². The smallest absolute Gasteiger partial charge is 0.0880 e. The molecule has 0 radical (unpaired) electrons. The van der Waals surface area contributed by atoms with E-state index in [0.717, 1.165) is 24.2 Å². The molecule has 0 unspecified atom stereocenters. The second-order valence-electron chi connectivity index (χ2n) is 5.92. The molecule has 2 heterocycles. The van der Waals surface area contributed by atoms with Crippen LogP contribution in [0.25, 0.3) is 0 Å². The predicted molar refractivity (Wildman–Crippen MR) is 71.6 cm³/mol. The number of hydrogen-bond acceptors (Lipinski definition) is 5. The van der Waals surface area contributed by atoms with Gasteiger partial charge < -0.3 is 0 Å². The van der Waals surface area contributed by atoms with E-state index >= 15 is 0 Å². The first-order valence-electron chi connectivity index (χ1n) is 6.06. The maximum absolute atomic E-state index is 4.35. The van der Waals surface area contributed by atoms with Crippen LogP contribution in [0.2, 0.25) is 0 Å². The molecule has 18 heavy (non-hydrogen) atoms. The lowest BCUT2D eigenvalue weighted by Crippen LogP contribution is -2.25. The van der Waals surface area contributed by atoms with E-state index < -0.39 is 0 Å². The van der Waals surface area contributed by atoms with Gasteiger partial charge in [0, 0.05) is 10.8 Å². The van der Waals surface area contributed by atoms with E-state index in [1.807, 2.05) is 6.20 Å². The highest BCUT2D eigenvalue weighted by Crippen LogP contribution is 2.34. The number of aromatic nitrogens is 5. The van der Waals surface area contributed by atoms with Crippen LogP contribution in [0.1, 0.15) is 51.9 Å². The molecule has 0 bridgehead atoms. The van der Waals surface area contributed by atoms with E-state index in [9.17, 15) is 0 Å². The minimum atomic E-state index is 0.0215. The summed E-state index contributed by atoms with van der Waals surface area (Å²) in [5.74, 6) is 0. The normalized spacial score (nSPS) is 12.9. The van der Waals surface area contributed by atoms with Crippen molar-refractivity contribution < 1.29 is 0 Å². The van der Waals surface area contributed by atoms with Gasteiger partial charge in [0.25, 0.3) is 0 Å². The highest BCUT2D eigenvalue weighted by atomic mass is 32.1. The minimum Gasteiger partial charge on any atom is -0.198 e. The Morgan fingerprint density at radius 3 is 2.22 bits per heavy atom. The summed E-state index contributed by atoms with van der Waals surface area (Å²) in [7, 11) is 0. The van der Waals surface area contributed by atoms with Crippen molar-refractivity contribution in [3.05, 3.63) is 23.8 Å². The Labute approximate surface area is 111 Å². The highest BCUT2D eigenvalue weighted by molar-refractivity contribution is 6.99. The van der Waals surface area contributed by atoms with Gasteiger partial charge in [0.05, 0.1) is 35.5 Å². The van der Waals surface area contributed by atoms with Gasteiger partial charge >= 0.3 is 0 Å². The van der Waals surface area contributed by atoms with E-state index in [2.05, 4.69) is 51.9 Å². The molecule has 2 aromatic heterocycles. The Balaban J connectivity index is 2.03. The summed E-state index contributed by atoms with van der Waals surface area (Å²) in [5, 5.41) is 10.8. The maximum Gasteiger partial charge on any atom is 0.0880 e. The fourth-order valence-electron chi connectivity index (χ4n) is 1.87. The van der Waals surface area contributed by atoms with Gasteiger partial charge in [0.2, 0.25) is 0 Å². The van der Waals surface area contributed by atoms with Crippen molar-refractivity contribution in [2.45, 2.75) is 51.4 Å². The van der Waals surface area contributed by atoms with Crippen molar-refractivity contribution in [1.29, 1.82) is 0 Å². The third-order valence-electron chi connectivity index (χ3n) is 3.54. The van der Waals surface area contributed by atoms with Crippen LogP contribution in [-0.4, -0.2) is 24.2 Å². The Bertz CT molecular complexity index is 426. The Morgan fingerprint density at radius 1 is 1.06 bits per heavy atom.